The highest BCUT2D eigenvalue weighted by molar-refractivity contribution is 6.31. The minimum atomic E-state index is -0.475. The molecule has 0 saturated carbocycles. The maximum atomic E-state index is 13.3. The highest BCUT2D eigenvalue weighted by Crippen LogP contribution is 2.30. The van der Waals surface area contributed by atoms with Crippen LogP contribution < -0.4 is 5.73 Å². The number of hydrogen-bond acceptors (Lipinski definition) is 2. The lowest BCUT2D eigenvalue weighted by atomic mass is 10.0. The highest BCUT2D eigenvalue weighted by Gasteiger charge is 2.18. The predicted molar refractivity (Wildman–Crippen MR) is 65.6 cm³/mol. The Kier molecular flexibility index (Phi) is 3.22. The van der Waals surface area contributed by atoms with Crippen LogP contribution in [0.2, 0.25) is 5.02 Å². The Balaban J connectivity index is 2.48. The van der Waals surface area contributed by atoms with Gasteiger partial charge in [0.05, 0.1) is 12.3 Å². The van der Waals surface area contributed by atoms with Crippen LogP contribution in [0.3, 0.4) is 0 Å². The normalized spacial score (nSPS) is 12.8. The van der Waals surface area contributed by atoms with E-state index in [2.05, 4.69) is 0 Å². The fourth-order valence-corrected chi connectivity index (χ4v) is 2.03. The van der Waals surface area contributed by atoms with E-state index >= 15 is 0 Å². The standard InChI is InChI=1S/C13H13ClFNO/c1-7-3-4-17-13(7)12(16)9-5-8(2)11(15)6-10(9)14/h3-6,12H,16H2,1-2H3. The van der Waals surface area contributed by atoms with Crippen molar-refractivity contribution in [3.05, 3.63) is 57.8 Å². The van der Waals surface area contributed by atoms with Gasteiger partial charge in [0.15, 0.2) is 0 Å². The molecule has 2 nitrogen and oxygen atoms in total. The van der Waals surface area contributed by atoms with Crippen LogP contribution in [0, 0.1) is 19.7 Å². The summed E-state index contributed by atoms with van der Waals surface area (Å²) in [6.45, 7) is 3.58. The molecule has 0 aliphatic carbocycles. The zero-order valence-corrected chi connectivity index (χ0v) is 10.4. The Hall–Kier alpha value is -1.32. The second kappa shape index (κ2) is 4.51. The monoisotopic (exact) mass is 253 g/mol. The van der Waals surface area contributed by atoms with Crippen molar-refractivity contribution in [3.8, 4) is 0 Å². The molecule has 1 heterocycles. The molecule has 17 heavy (non-hydrogen) atoms. The fraction of sp³-hybridized carbons (Fsp3) is 0.231. The van der Waals surface area contributed by atoms with Crippen LogP contribution >= 0.6 is 11.6 Å². The zero-order chi connectivity index (χ0) is 12.6. The van der Waals surface area contributed by atoms with Crippen molar-refractivity contribution in [3.63, 3.8) is 0 Å². The molecule has 4 heteroatoms. The number of furan rings is 1. The highest BCUT2D eigenvalue weighted by atomic mass is 35.5. The van der Waals surface area contributed by atoms with E-state index in [0.717, 1.165) is 5.56 Å². The lowest BCUT2D eigenvalue weighted by Gasteiger charge is -2.13. The first-order chi connectivity index (χ1) is 8.00. The topological polar surface area (TPSA) is 39.2 Å². The van der Waals surface area contributed by atoms with Crippen molar-refractivity contribution in [2.45, 2.75) is 19.9 Å². The summed E-state index contributed by atoms with van der Waals surface area (Å²) in [5, 5.41) is 0.316. The van der Waals surface area contributed by atoms with Gasteiger partial charge in [-0.05, 0) is 48.7 Å². The molecular formula is C13H13ClFNO. The maximum Gasteiger partial charge on any atom is 0.127 e. The first-order valence-corrected chi connectivity index (χ1v) is 5.63. The van der Waals surface area contributed by atoms with Crippen molar-refractivity contribution in [2.24, 2.45) is 5.73 Å². The Labute approximate surface area is 104 Å². The number of halogens is 2. The average molecular weight is 254 g/mol. The van der Waals surface area contributed by atoms with Crippen molar-refractivity contribution in [2.75, 3.05) is 0 Å². The molecule has 0 amide bonds. The summed E-state index contributed by atoms with van der Waals surface area (Å²) in [6.07, 6.45) is 1.58. The molecule has 0 bridgehead atoms. The SMILES string of the molecule is Cc1cc(C(N)c2occc2C)c(Cl)cc1F. The molecular weight excluding hydrogens is 241 g/mol. The molecule has 1 aromatic heterocycles. The number of hydrogen-bond donors (Lipinski definition) is 1. The van der Waals surface area contributed by atoms with Gasteiger partial charge >= 0.3 is 0 Å². The second-order valence-corrected chi connectivity index (χ2v) is 4.48. The molecule has 2 rings (SSSR count). The average Bonchev–Trinajstić information content (AvgIpc) is 2.69. The van der Waals surface area contributed by atoms with E-state index in [0.29, 0.717) is 21.9 Å². The number of nitrogens with two attached hydrogens (primary N) is 1. The van der Waals surface area contributed by atoms with Crippen molar-refractivity contribution >= 4 is 11.6 Å². The van der Waals surface area contributed by atoms with Gasteiger partial charge in [0.25, 0.3) is 0 Å². The third kappa shape index (κ3) is 2.21. The summed E-state index contributed by atoms with van der Waals surface area (Å²) in [7, 11) is 0. The Bertz CT molecular complexity index is 550. The first kappa shape index (κ1) is 12.1. The molecule has 0 spiro atoms. The van der Waals surface area contributed by atoms with E-state index in [1.165, 1.54) is 6.07 Å². The molecule has 90 valence electrons. The molecule has 1 unspecified atom stereocenters. The molecule has 0 radical (unpaired) electrons. The quantitative estimate of drug-likeness (QED) is 0.886. The lowest BCUT2D eigenvalue weighted by Crippen LogP contribution is -2.13. The predicted octanol–water partition coefficient (Wildman–Crippen LogP) is 3.74. The molecule has 1 aromatic carbocycles. The van der Waals surface area contributed by atoms with Crippen LogP contribution in [-0.4, -0.2) is 0 Å². The molecule has 0 aliphatic heterocycles. The summed E-state index contributed by atoms with van der Waals surface area (Å²) < 4.78 is 18.6. The van der Waals surface area contributed by atoms with E-state index in [1.807, 2.05) is 13.0 Å². The fourth-order valence-electron chi connectivity index (χ4n) is 1.76. The Morgan fingerprint density at radius 3 is 2.59 bits per heavy atom. The second-order valence-electron chi connectivity index (χ2n) is 4.07. The lowest BCUT2D eigenvalue weighted by molar-refractivity contribution is 0.486. The summed E-state index contributed by atoms with van der Waals surface area (Å²) in [5.74, 6) is 0.319. The van der Waals surface area contributed by atoms with Gasteiger partial charge in [-0.1, -0.05) is 11.6 Å². The summed E-state index contributed by atoms with van der Waals surface area (Å²) in [4.78, 5) is 0. The van der Waals surface area contributed by atoms with E-state index < -0.39 is 6.04 Å². The van der Waals surface area contributed by atoms with Crippen molar-refractivity contribution < 1.29 is 8.81 Å². The number of aryl methyl sites for hydroxylation is 2. The van der Waals surface area contributed by atoms with E-state index in [4.69, 9.17) is 21.8 Å². The molecule has 2 aromatic rings. The van der Waals surface area contributed by atoms with Crippen LogP contribution in [0.1, 0.15) is 28.5 Å². The van der Waals surface area contributed by atoms with Gasteiger partial charge in [-0.3, -0.25) is 0 Å². The zero-order valence-electron chi connectivity index (χ0n) is 9.63. The van der Waals surface area contributed by atoms with Crippen LogP contribution in [0.4, 0.5) is 4.39 Å². The summed E-state index contributed by atoms with van der Waals surface area (Å²) in [5.41, 5.74) is 8.22. The largest absolute Gasteiger partial charge is 0.467 e. The molecule has 0 aliphatic rings. The van der Waals surface area contributed by atoms with Crippen LogP contribution in [0.25, 0.3) is 0 Å². The van der Waals surface area contributed by atoms with Gasteiger partial charge in [0, 0.05) is 5.02 Å². The van der Waals surface area contributed by atoms with E-state index in [1.54, 1.807) is 19.3 Å². The first-order valence-electron chi connectivity index (χ1n) is 5.26. The van der Waals surface area contributed by atoms with Crippen molar-refractivity contribution in [1.29, 1.82) is 0 Å². The molecule has 0 saturated heterocycles. The van der Waals surface area contributed by atoms with Gasteiger partial charge in [-0.15, -0.1) is 0 Å². The Morgan fingerprint density at radius 2 is 2.00 bits per heavy atom. The maximum absolute atomic E-state index is 13.3. The Morgan fingerprint density at radius 1 is 1.29 bits per heavy atom. The van der Waals surface area contributed by atoms with Crippen LogP contribution in [-0.2, 0) is 0 Å². The summed E-state index contributed by atoms with van der Waals surface area (Å²) >= 11 is 6.00. The number of rotatable bonds is 2. The molecule has 2 N–H and O–H groups in total. The van der Waals surface area contributed by atoms with E-state index in [-0.39, 0.29) is 5.82 Å². The minimum absolute atomic E-state index is 0.316. The third-order valence-electron chi connectivity index (χ3n) is 2.80. The van der Waals surface area contributed by atoms with Gasteiger partial charge in [0.1, 0.15) is 11.6 Å². The van der Waals surface area contributed by atoms with Crippen LogP contribution in [0.15, 0.2) is 28.9 Å². The summed E-state index contributed by atoms with van der Waals surface area (Å²) in [6, 6.07) is 4.30. The van der Waals surface area contributed by atoms with Gasteiger partial charge in [-0.25, -0.2) is 4.39 Å². The molecule has 1 atom stereocenters. The van der Waals surface area contributed by atoms with Crippen molar-refractivity contribution in [1.82, 2.24) is 0 Å². The van der Waals surface area contributed by atoms with Gasteiger partial charge in [0.2, 0.25) is 0 Å². The van der Waals surface area contributed by atoms with E-state index in [9.17, 15) is 4.39 Å². The number of benzene rings is 1. The third-order valence-corrected chi connectivity index (χ3v) is 3.12. The van der Waals surface area contributed by atoms with Crippen LogP contribution in [0.5, 0.6) is 0 Å². The smallest absolute Gasteiger partial charge is 0.127 e. The van der Waals surface area contributed by atoms with Gasteiger partial charge < -0.3 is 10.2 Å². The molecule has 0 fully saturated rings. The van der Waals surface area contributed by atoms with Gasteiger partial charge in [-0.2, -0.15) is 0 Å². The minimum Gasteiger partial charge on any atom is -0.467 e.